The molecule has 222 valence electrons. The van der Waals surface area contributed by atoms with E-state index in [0.29, 0.717) is 36.6 Å². The summed E-state index contributed by atoms with van der Waals surface area (Å²) in [6.07, 6.45) is 5.24. The van der Waals surface area contributed by atoms with Gasteiger partial charge in [-0.2, -0.15) is 0 Å². The first kappa shape index (κ1) is 29.8. The highest BCUT2D eigenvalue weighted by Crippen LogP contribution is 2.30. The number of amides is 2. The Balaban J connectivity index is 1.21. The highest BCUT2D eigenvalue weighted by atomic mass is 16.5. The van der Waals surface area contributed by atoms with E-state index in [0.717, 1.165) is 82.9 Å². The predicted molar refractivity (Wildman–Crippen MR) is 169 cm³/mol. The van der Waals surface area contributed by atoms with Crippen molar-refractivity contribution in [1.82, 2.24) is 10.2 Å². The summed E-state index contributed by atoms with van der Waals surface area (Å²) in [5.74, 6) is 0.508. The fourth-order valence-electron chi connectivity index (χ4n) is 5.95. The Kier molecular flexibility index (Phi) is 11.0. The number of morpholine rings is 1. The van der Waals surface area contributed by atoms with Crippen LogP contribution in [0.5, 0.6) is 0 Å². The molecule has 2 N–H and O–H groups in total. The van der Waals surface area contributed by atoms with Gasteiger partial charge in [0.1, 0.15) is 0 Å². The van der Waals surface area contributed by atoms with Crippen LogP contribution in [0.3, 0.4) is 0 Å². The molecule has 3 aromatic rings. The van der Waals surface area contributed by atoms with Crippen molar-refractivity contribution >= 4 is 23.2 Å². The fraction of sp³-hybridized carbons (Fsp3) is 0.429. The molecule has 0 radical (unpaired) electrons. The maximum atomic E-state index is 13.5. The van der Waals surface area contributed by atoms with Crippen LogP contribution in [-0.2, 0) is 22.4 Å². The van der Waals surface area contributed by atoms with Crippen LogP contribution < -0.4 is 15.5 Å². The molecule has 2 amide bonds. The Morgan fingerprint density at radius 2 is 1.52 bits per heavy atom. The first-order valence-corrected chi connectivity index (χ1v) is 15.5. The lowest BCUT2D eigenvalue weighted by atomic mass is 9.89. The molecule has 0 aliphatic carbocycles. The van der Waals surface area contributed by atoms with Crippen molar-refractivity contribution in [1.29, 1.82) is 0 Å². The summed E-state index contributed by atoms with van der Waals surface area (Å²) >= 11 is 0. The predicted octanol–water partition coefficient (Wildman–Crippen LogP) is 5.17. The SMILES string of the molecule is O=C(CCc1ccccc1)Nc1ccc(N2CCC(Cc3ccccc3)CC2)c(C(=O)NCCCN2CCOCC2)c1. The molecule has 2 saturated heterocycles. The van der Waals surface area contributed by atoms with E-state index in [-0.39, 0.29) is 11.8 Å². The van der Waals surface area contributed by atoms with Gasteiger partial charge in [-0.3, -0.25) is 14.5 Å². The van der Waals surface area contributed by atoms with Gasteiger partial charge in [-0.25, -0.2) is 0 Å². The fourth-order valence-corrected chi connectivity index (χ4v) is 5.95. The van der Waals surface area contributed by atoms with Gasteiger partial charge in [-0.05, 0) is 73.9 Å². The first-order chi connectivity index (χ1) is 20.6. The number of aryl methyl sites for hydroxylation is 1. The zero-order valence-electron chi connectivity index (χ0n) is 24.6. The summed E-state index contributed by atoms with van der Waals surface area (Å²) in [5, 5.41) is 6.18. The largest absolute Gasteiger partial charge is 0.379 e. The van der Waals surface area contributed by atoms with E-state index in [1.807, 2.05) is 48.5 Å². The minimum Gasteiger partial charge on any atom is -0.379 e. The number of piperidine rings is 1. The number of nitrogens with zero attached hydrogens (tertiary/aromatic N) is 2. The molecule has 2 aliphatic heterocycles. The number of rotatable bonds is 12. The summed E-state index contributed by atoms with van der Waals surface area (Å²) < 4.78 is 5.44. The summed E-state index contributed by atoms with van der Waals surface area (Å²) in [5.41, 5.74) is 4.76. The van der Waals surface area contributed by atoms with Crippen molar-refractivity contribution < 1.29 is 14.3 Å². The summed E-state index contributed by atoms with van der Waals surface area (Å²) in [7, 11) is 0. The van der Waals surface area contributed by atoms with Crippen molar-refractivity contribution in [2.45, 2.75) is 38.5 Å². The van der Waals surface area contributed by atoms with Crippen LogP contribution in [0, 0.1) is 5.92 Å². The van der Waals surface area contributed by atoms with E-state index < -0.39 is 0 Å². The summed E-state index contributed by atoms with van der Waals surface area (Å²) in [6.45, 7) is 6.85. The Bertz CT molecular complexity index is 1270. The van der Waals surface area contributed by atoms with Crippen LogP contribution in [0.2, 0.25) is 0 Å². The van der Waals surface area contributed by atoms with Gasteiger partial charge in [0.25, 0.3) is 5.91 Å². The van der Waals surface area contributed by atoms with Gasteiger partial charge >= 0.3 is 0 Å². The molecule has 7 heteroatoms. The number of nitrogens with one attached hydrogen (secondary N) is 2. The van der Waals surface area contributed by atoms with E-state index in [2.05, 4.69) is 50.8 Å². The van der Waals surface area contributed by atoms with Gasteiger partial charge in [0, 0.05) is 50.5 Å². The lowest BCUT2D eigenvalue weighted by molar-refractivity contribution is -0.116. The number of hydrogen-bond donors (Lipinski definition) is 2. The summed E-state index contributed by atoms with van der Waals surface area (Å²) in [6, 6.07) is 26.5. The number of anilines is 2. The van der Waals surface area contributed by atoms with Gasteiger partial charge in [-0.15, -0.1) is 0 Å². The zero-order chi connectivity index (χ0) is 29.0. The van der Waals surface area contributed by atoms with Crippen molar-refractivity contribution in [2.75, 3.05) is 62.7 Å². The standard InChI is InChI=1S/C35H44N4O3/c40-34(15-12-28-8-3-1-4-9-28)37-31-13-14-33(39-20-16-30(17-21-39)26-29-10-5-2-6-11-29)32(27-31)35(41)36-18-7-19-38-22-24-42-25-23-38/h1-6,8-11,13-14,27,30H,7,12,15-26H2,(H,36,41)(H,37,40). The molecule has 2 aliphatic rings. The molecule has 7 nitrogen and oxygen atoms in total. The molecule has 5 rings (SSSR count). The second kappa shape index (κ2) is 15.5. The van der Waals surface area contributed by atoms with Crippen LogP contribution in [0.15, 0.2) is 78.9 Å². The molecular weight excluding hydrogens is 524 g/mol. The maximum Gasteiger partial charge on any atom is 0.253 e. The number of carbonyl (C=O) groups is 2. The van der Waals surface area contributed by atoms with Crippen molar-refractivity contribution in [3.05, 3.63) is 95.6 Å². The second-order valence-corrected chi connectivity index (χ2v) is 11.4. The molecule has 2 fully saturated rings. The van der Waals surface area contributed by atoms with Crippen LogP contribution in [-0.4, -0.2) is 69.2 Å². The van der Waals surface area contributed by atoms with E-state index in [1.54, 1.807) is 0 Å². The number of carbonyl (C=O) groups excluding carboxylic acids is 2. The van der Waals surface area contributed by atoms with E-state index >= 15 is 0 Å². The topological polar surface area (TPSA) is 73.9 Å². The molecule has 42 heavy (non-hydrogen) atoms. The number of benzene rings is 3. The van der Waals surface area contributed by atoms with Gasteiger partial charge < -0.3 is 20.3 Å². The molecule has 0 bridgehead atoms. The van der Waals surface area contributed by atoms with Crippen LogP contribution in [0.25, 0.3) is 0 Å². The van der Waals surface area contributed by atoms with Gasteiger partial charge in [0.05, 0.1) is 18.8 Å². The van der Waals surface area contributed by atoms with Gasteiger partial charge in [-0.1, -0.05) is 60.7 Å². The third-order valence-electron chi connectivity index (χ3n) is 8.37. The third kappa shape index (κ3) is 8.91. The molecule has 3 aromatic carbocycles. The van der Waals surface area contributed by atoms with Crippen LogP contribution in [0.4, 0.5) is 11.4 Å². The Labute approximate surface area is 250 Å². The Morgan fingerprint density at radius 1 is 0.833 bits per heavy atom. The van der Waals surface area contributed by atoms with Gasteiger partial charge in [0.15, 0.2) is 0 Å². The average Bonchev–Trinajstić information content (AvgIpc) is 3.04. The quantitative estimate of drug-likeness (QED) is 0.295. The Morgan fingerprint density at radius 3 is 2.24 bits per heavy atom. The minimum atomic E-state index is -0.0845. The molecule has 0 atom stereocenters. The minimum absolute atomic E-state index is 0.0507. The lowest BCUT2D eigenvalue weighted by Gasteiger charge is -2.35. The first-order valence-electron chi connectivity index (χ1n) is 15.5. The smallest absolute Gasteiger partial charge is 0.253 e. The average molecular weight is 569 g/mol. The number of ether oxygens (including phenoxy) is 1. The molecule has 0 saturated carbocycles. The normalized spacial score (nSPS) is 16.2. The molecule has 0 unspecified atom stereocenters. The highest BCUT2D eigenvalue weighted by molar-refractivity contribution is 6.02. The highest BCUT2D eigenvalue weighted by Gasteiger charge is 2.24. The van der Waals surface area contributed by atoms with Crippen LogP contribution in [0.1, 0.15) is 47.2 Å². The second-order valence-electron chi connectivity index (χ2n) is 11.4. The third-order valence-corrected chi connectivity index (χ3v) is 8.37. The monoisotopic (exact) mass is 568 g/mol. The zero-order valence-corrected chi connectivity index (χ0v) is 24.6. The maximum absolute atomic E-state index is 13.5. The molecule has 0 spiro atoms. The summed E-state index contributed by atoms with van der Waals surface area (Å²) in [4.78, 5) is 31.0. The van der Waals surface area contributed by atoms with Crippen molar-refractivity contribution in [3.8, 4) is 0 Å². The molecule has 0 aromatic heterocycles. The van der Waals surface area contributed by atoms with E-state index in [1.165, 1.54) is 5.56 Å². The molecular formula is C35H44N4O3. The van der Waals surface area contributed by atoms with E-state index in [4.69, 9.17) is 4.74 Å². The van der Waals surface area contributed by atoms with Crippen molar-refractivity contribution in [2.24, 2.45) is 5.92 Å². The van der Waals surface area contributed by atoms with Crippen LogP contribution >= 0.6 is 0 Å². The van der Waals surface area contributed by atoms with E-state index in [9.17, 15) is 9.59 Å². The lowest BCUT2D eigenvalue weighted by Crippen LogP contribution is -2.38. The van der Waals surface area contributed by atoms with Gasteiger partial charge in [0.2, 0.25) is 5.91 Å². The number of hydrogen-bond acceptors (Lipinski definition) is 5. The van der Waals surface area contributed by atoms with Crippen molar-refractivity contribution in [3.63, 3.8) is 0 Å². The molecule has 2 heterocycles. The Hall–Kier alpha value is -3.68.